The molecule has 3 aromatic rings. The van der Waals surface area contributed by atoms with Crippen molar-refractivity contribution in [3.05, 3.63) is 65.0 Å². The monoisotopic (exact) mass is 404 g/mol. The minimum Gasteiger partial charge on any atom is -0.465 e. The molecule has 158 valence electrons. The average molecular weight is 405 g/mol. The number of carbonyl (C=O) groups excluding carboxylic acids is 1. The molecule has 0 saturated heterocycles. The van der Waals surface area contributed by atoms with Crippen molar-refractivity contribution >= 4 is 17.0 Å². The minimum absolute atomic E-state index is 0.312. The van der Waals surface area contributed by atoms with Crippen LogP contribution in [0.2, 0.25) is 0 Å². The molecule has 4 rings (SSSR count). The zero-order valence-corrected chi connectivity index (χ0v) is 18.7. The van der Waals surface area contributed by atoms with E-state index in [1.54, 1.807) is 0 Å². The Morgan fingerprint density at radius 2 is 1.90 bits per heavy atom. The molecule has 4 nitrogen and oxygen atoms in total. The number of hydrogen-bond acceptors (Lipinski definition) is 3. The molecule has 2 atom stereocenters. The zero-order valence-electron chi connectivity index (χ0n) is 18.7. The summed E-state index contributed by atoms with van der Waals surface area (Å²) < 4.78 is 7.37. The average Bonchev–Trinajstić information content (AvgIpc) is 3.04. The molecule has 0 bridgehead atoms. The van der Waals surface area contributed by atoms with Crippen LogP contribution in [0.1, 0.15) is 73.4 Å². The molecule has 1 aliphatic rings. The van der Waals surface area contributed by atoms with Gasteiger partial charge in [-0.15, -0.1) is 0 Å². The van der Waals surface area contributed by atoms with Crippen LogP contribution < -0.4 is 0 Å². The molecule has 1 fully saturated rings. The van der Waals surface area contributed by atoms with E-state index in [4.69, 9.17) is 9.72 Å². The van der Waals surface area contributed by atoms with Crippen LogP contribution in [0.4, 0.5) is 0 Å². The molecule has 1 saturated carbocycles. The number of carbonyl (C=O) groups is 1. The third kappa shape index (κ3) is 4.14. The fourth-order valence-electron chi connectivity index (χ4n) is 5.31. The first-order valence-electron chi connectivity index (χ1n) is 10.9. The van der Waals surface area contributed by atoms with Crippen molar-refractivity contribution in [3.8, 4) is 0 Å². The van der Waals surface area contributed by atoms with Crippen molar-refractivity contribution in [2.45, 2.75) is 59.4 Å². The molecule has 4 heteroatoms. The standard InChI is InChI=1S/C26H32N2O2/c1-17-6-8-19(9-7-17)13-24-27-22-14-20(25(29)30-5)10-11-23(22)28(24)21-12-18(2)15-26(3,4)16-21/h6-11,14,18,21H,12-13,15-16H2,1-5H3/t18-,21?/m0/s1. The predicted molar refractivity (Wildman–Crippen MR) is 121 cm³/mol. The van der Waals surface area contributed by atoms with Gasteiger partial charge >= 0.3 is 5.97 Å². The number of imidazole rings is 1. The molecule has 0 amide bonds. The van der Waals surface area contributed by atoms with Crippen molar-refractivity contribution in [2.24, 2.45) is 11.3 Å². The Balaban J connectivity index is 1.82. The van der Waals surface area contributed by atoms with Crippen LogP contribution in [0.25, 0.3) is 11.0 Å². The van der Waals surface area contributed by atoms with Crippen LogP contribution in [0, 0.1) is 18.3 Å². The lowest BCUT2D eigenvalue weighted by atomic mass is 9.70. The van der Waals surface area contributed by atoms with Crippen LogP contribution in [0.5, 0.6) is 0 Å². The molecule has 1 unspecified atom stereocenters. The van der Waals surface area contributed by atoms with Gasteiger partial charge in [0.05, 0.1) is 23.7 Å². The van der Waals surface area contributed by atoms with Gasteiger partial charge in [-0.3, -0.25) is 0 Å². The Morgan fingerprint density at radius 3 is 2.57 bits per heavy atom. The second-order valence-electron chi connectivity index (χ2n) is 9.82. The molecule has 0 N–H and O–H groups in total. The van der Waals surface area contributed by atoms with Crippen LogP contribution in [-0.2, 0) is 11.2 Å². The van der Waals surface area contributed by atoms with E-state index in [2.05, 4.69) is 56.5 Å². The van der Waals surface area contributed by atoms with Gasteiger partial charge in [-0.1, -0.05) is 50.6 Å². The number of nitrogens with zero attached hydrogens (tertiary/aromatic N) is 2. The van der Waals surface area contributed by atoms with Crippen molar-refractivity contribution in [2.75, 3.05) is 7.11 Å². The molecule has 1 aliphatic carbocycles. The zero-order chi connectivity index (χ0) is 21.5. The van der Waals surface area contributed by atoms with Gasteiger partial charge in [-0.25, -0.2) is 9.78 Å². The molecule has 1 aromatic heterocycles. The fraction of sp³-hybridized carbons (Fsp3) is 0.462. The number of esters is 1. The molecule has 0 spiro atoms. The van der Waals surface area contributed by atoms with Gasteiger partial charge in [-0.2, -0.15) is 0 Å². The van der Waals surface area contributed by atoms with E-state index in [9.17, 15) is 4.79 Å². The Hall–Kier alpha value is -2.62. The van der Waals surface area contributed by atoms with Gasteiger partial charge in [0, 0.05) is 12.5 Å². The van der Waals surface area contributed by atoms with Crippen LogP contribution in [0.15, 0.2) is 42.5 Å². The first-order chi connectivity index (χ1) is 14.3. The summed E-state index contributed by atoms with van der Waals surface area (Å²) in [5.74, 6) is 1.43. The highest BCUT2D eigenvalue weighted by atomic mass is 16.5. The fourth-order valence-corrected chi connectivity index (χ4v) is 5.31. The van der Waals surface area contributed by atoms with Crippen LogP contribution in [0.3, 0.4) is 0 Å². The summed E-state index contributed by atoms with van der Waals surface area (Å²) in [7, 11) is 1.42. The molecule has 2 aromatic carbocycles. The van der Waals surface area contributed by atoms with Gasteiger partial charge in [0.25, 0.3) is 0 Å². The summed E-state index contributed by atoms with van der Waals surface area (Å²) in [5, 5.41) is 0. The highest BCUT2D eigenvalue weighted by Crippen LogP contribution is 2.45. The van der Waals surface area contributed by atoms with E-state index in [0.717, 1.165) is 36.1 Å². The number of benzene rings is 2. The second kappa shape index (κ2) is 7.90. The third-order valence-corrected chi connectivity index (χ3v) is 6.40. The molecular formula is C26H32N2O2. The summed E-state index contributed by atoms with van der Waals surface area (Å²) >= 11 is 0. The number of aryl methyl sites for hydroxylation is 1. The normalized spacial score (nSPS) is 21.0. The van der Waals surface area contributed by atoms with E-state index in [1.165, 1.54) is 24.7 Å². The first kappa shape index (κ1) is 20.6. The maximum Gasteiger partial charge on any atom is 0.337 e. The second-order valence-corrected chi connectivity index (χ2v) is 9.82. The lowest BCUT2D eigenvalue weighted by Gasteiger charge is -2.40. The lowest BCUT2D eigenvalue weighted by molar-refractivity contribution is 0.0601. The van der Waals surface area contributed by atoms with Crippen molar-refractivity contribution in [1.82, 2.24) is 9.55 Å². The molecule has 30 heavy (non-hydrogen) atoms. The largest absolute Gasteiger partial charge is 0.465 e. The number of ether oxygens (including phenoxy) is 1. The lowest BCUT2D eigenvalue weighted by Crippen LogP contribution is -2.30. The quantitative estimate of drug-likeness (QED) is 0.493. The van der Waals surface area contributed by atoms with Crippen molar-refractivity contribution in [3.63, 3.8) is 0 Å². The summed E-state index contributed by atoms with van der Waals surface area (Å²) in [6.07, 6.45) is 4.35. The van der Waals surface area contributed by atoms with Gasteiger partial charge in [0.2, 0.25) is 0 Å². The number of rotatable bonds is 4. The van der Waals surface area contributed by atoms with Crippen molar-refractivity contribution in [1.29, 1.82) is 0 Å². The Kier molecular flexibility index (Phi) is 5.44. The first-order valence-corrected chi connectivity index (χ1v) is 10.9. The van der Waals surface area contributed by atoms with Crippen LogP contribution in [-0.4, -0.2) is 22.6 Å². The van der Waals surface area contributed by atoms with Crippen LogP contribution >= 0.6 is 0 Å². The van der Waals surface area contributed by atoms with Crippen molar-refractivity contribution < 1.29 is 9.53 Å². The number of fused-ring (bicyclic) bond motifs is 1. The predicted octanol–water partition coefficient (Wildman–Crippen LogP) is 6.11. The SMILES string of the molecule is COC(=O)c1ccc2c(c1)nc(Cc1ccc(C)cc1)n2C1C[C@H](C)CC(C)(C)C1. The number of methoxy groups -OCH3 is 1. The van der Waals surface area contributed by atoms with E-state index >= 15 is 0 Å². The number of hydrogen-bond donors (Lipinski definition) is 0. The van der Waals surface area contributed by atoms with E-state index in [-0.39, 0.29) is 5.97 Å². The highest BCUT2D eigenvalue weighted by Gasteiger charge is 2.34. The summed E-state index contributed by atoms with van der Waals surface area (Å²) in [5.41, 5.74) is 5.36. The Morgan fingerprint density at radius 1 is 1.17 bits per heavy atom. The summed E-state index contributed by atoms with van der Waals surface area (Å²) in [6.45, 7) is 9.23. The van der Waals surface area contributed by atoms with E-state index < -0.39 is 0 Å². The van der Waals surface area contributed by atoms with Gasteiger partial charge in [-0.05, 0) is 61.3 Å². The van der Waals surface area contributed by atoms with Gasteiger partial charge < -0.3 is 9.30 Å². The Bertz CT molecular complexity index is 1060. The third-order valence-electron chi connectivity index (χ3n) is 6.40. The van der Waals surface area contributed by atoms with Gasteiger partial charge in [0.1, 0.15) is 5.82 Å². The molecule has 1 heterocycles. The topological polar surface area (TPSA) is 44.1 Å². The maximum atomic E-state index is 12.0. The maximum absolute atomic E-state index is 12.0. The highest BCUT2D eigenvalue weighted by molar-refractivity contribution is 5.93. The molecule has 0 aliphatic heterocycles. The summed E-state index contributed by atoms with van der Waals surface area (Å²) in [4.78, 5) is 17.1. The van der Waals surface area contributed by atoms with Gasteiger partial charge in [0.15, 0.2) is 0 Å². The molecule has 0 radical (unpaired) electrons. The van der Waals surface area contributed by atoms with E-state index in [1.807, 2.05) is 18.2 Å². The Labute approximate surface area is 179 Å². The molecular weight excluding hydrogens is 372 g/mol. The van der Waals surface area contributed by atoms with E-state index in [0.29, 0.717) is 22.9 Å². The number of aromatic nitrogens is 2. The smallest absolute Gasteiger partial charge is 0.337 e. The minimum atomic E-state index is -0.320. The summed E-state index contributed by atoms with van der Waals surface area (Å²) in [6, 6.07) is 14.9.